The number of methoxy groups -OCH3 is 1. The van der Waals surface area contributed by atoms with Crippen LogP contribution in [-0.4, -0.2) is 47.1 Å². The molecule has 1 saturated heterocycles. The van der Waals surface area contributed by atoms with Gasteiger partial charge in [0.2, 0.25) is 17.7 Å². The van der Waals surface area contributed by atoms with Crippen molar-refractivity contribution < 1.29 is 14.3 Å². The largest absolute Gasteiger partial charge is 0.480 e. The molecule has 0 radical (unpaired) electrons. The summed E-state index contributed by atoms with van der Waals surface area (Å²) in [6.07, 6.45) is 7.17. The van der Waals surface area contributed by atoms with E-state index in [0.717, 1.165) is 12.0 Å². The lowest BCUT2D eigenvalue weighted by molar-refractivity contribution is -0.125. The van der Waals surface area contributed by atoms with Gasteiger partial charge in [-0.1, -0.05) is 30.3 Å². The molecule has 24 heavy (non-hydrogen) atoms. The van der Waals surface area contributed by atoms with E-state index in [1.54, 1.807) is 17.2 Å². The van der Waals surface area contributed by atoms with Gasteiger partial charge in [0.05, 0.1) is 26.0 Å². The van der Waals surface area contributed by atoms with Crippen LogP contribution in [0.1, 0.15) is 12.0 Å². The van der Waals surface area contributed by atoms with Crippen molar-refractivity contribution in [2.45, 2.75) is 12.5 Å². The second-order valence-corrected chi connectivity index (χ2v) is 5.46. The standard InChI is InChI=1S/C18H19N3O3/c1-23-16-11-19-12-17(20-16)24-15-9-10-21(13-15)18(22)8-7-14-5-3-2-4-6-14/h2-8,11-12,15H,9-10,13H2,1H3/b8-7+. The second-order valence-electron chi connectivity index (χ2n) is 5.46. The highest BCUT2D eigenvalue weighted by atomic mass is 16.5. The minimum absolute atomic E-state index is 0.0123. The monoisotopic (exact) mass is 325 g/mol. The maximum atomic E-state index is 12.3. The first-order chi connectivity index (χ1) is 11.7. The molecule has 124 valence electrons. The average molecular weight is 325 g/mol. The summed E-state index contributed by atoms with van der Waals surface area (Å²) in [6, 6.07) is 9.75. The minimum Gasteiger partial charge on any atom is -0.480 e. The summed E-state index contributed by atoms with van der Waals surface area (Å²) in [4.78, 5) is 22.2. The Morgan fingerprint density at radius 1 is 1.25 bits per heavy atom. The highest BCUT2D eigenvalue weighted by Crippen LogP contribution is 2.18. The zero-order chi connectivity index (χ0) is 16.8. The van der Waals surface area contributed by atoms with E-state index in [1.807, 2.05) is 36.4 Å². The number of carbonyl (C=O) groups excluding carboxylic acids is 1. The molecule has 0 N–H and O–H groups in total. The second kappa shape index (κ2) is 7.59. The molecular formula is C18H19N3O3. The van der Waals surface area contributed by atoms with Crippen LogP contribution in [0.3, 0.4) is 0 Å². The van der Waals surface area contributed by atoms with Crippen LogP contribution < -0.4 is 9.47 Å². The van der Waals surface area contributed by atoms with E-state index in [-0.39, 0.29) is 12.0 Å². The van der Waals surface area contributed by atoms with Gasteiger partial charge in [0.1, 0.15) is 6.10 Å². The summed E-state index contributed by atoms with van der Waals surface area (Å²) in [6.45, 7) is 1.21. The van der Waals surface area contributed by atoms with Gasteiger partial charge in [-0.05, 0) is 11.6 Å². The molecule has 3 rings (SSSR count). The third kappa shape index (κ3) is 4.10. The van der Waals surface area contributed by atoms with Crippen LogP contribution in [0, 0.1) is 0 Å². The molecule has 0 spiro atoms. The summed E-state index contributed by atoms with van der Waals surface area (Å²) in [5.74, 6) is 0.805. The van der Waals surface area contributed by atoms with Gasteiger partial charge < -0.3 is 14.4 Å². The van der Waals surface area contributed by atoms with Gasteiger partial charge >= 0.3 is 0 Å². The molecule has 1 aromatic carbocycles. The van der Waals surface area contributed by atoms with Crippen molar-refractivity contribution in [1.29, 1.82) is 0 Å². The minimum atomic E-state index is -0.0829. The Kier molecular flexibility index (Phi) is 5.05. The molecule has 2 heterocycles. The number of nitrogens with zero attached hydrogens (tertiary/aromatic N) is 3. The lowest BCUT2D eigenvalue weighted by Crippen LogP contribution is -2.29. The number of aromatic nitrogens is 2. The number of benzene rings is 1. The third-order valence-electron chi connectivity index (χ3n) is 3.76. The molecule has 0 aliphatic carbocycles. The Hall–Kier alpha value is -2.89. The molecular weight excluding hydrogens is 306 g/mol. The first-order valence-corrected chi connectivity index (χ1v) is 7.79. The van der Waals surface area contributed by atoms with Crippen molar-refractivity contribution >= 4 is 12.0 Å². The van der Waals surface area contributed by atoms with Crippen LogP contribution in [-0.2, 0) is 4.79 Å². The maximum Gasteiger partial charge on any atom is 0.246 e. The van der Waals surface area contributed by atoms with Gasteiger partial charge in [-0.3, -0.25) is 9.78 Å². The van der Waals surface area contributed by atoms with Crippen LogP contribution >= 0.6 is 0 Å². The van der Waals surface area contributed by atoms with Gasteiger partial charge in [-0.15, -0.1) is 0 Å². The zero-order valence-corrected chi connectivity index (χ0v) is 13.5. The van der Waals surface area contributed by atoms with Crippen LogP contribution in [0.5, 0.6) is 11.8 Å². The molecule has 1 aromatic heterocycles. The van der Waals surface area contributed by atoms with Gasteiger partial charge in [0, 0.05) is 19.0 Å². The molecule has 1 unspecified atom stereocenters. The molecule has 1 atom stereocenters. The van der Waals surface area contributed by atoms with Crippen LogP contribution in [0.15, 0.2) is 48.8 Å². The number of hydrogen-bond acceptors (Lipinski definition) is 5. The Labute approximate surface area is 140 Å². The van der Waals surface area contributed by atoms with E-state index in [1.165, 1.54) is 13.3 Å². The fraction of sp³-hybridized carbons (Fsp3) is 0.278. The van der Waals surface area contributed by atoms with Crippen molar-refractivity contribution in [3.05, 3.63) is 54.4 Å². The van der Waals surface area contributed by atoms with Gasteiger partial charge in [-0.2, -0.15) is 4.98 Å². The van der Waals surface area contributed by atoms with E-state index in [4.69, 9.17) is 9.47 Å². The Bertz CT molecular complexity index is 718. The lowest BCUT2D eigenvalue weighted by Gasteiger charge is -2.15. The smallest absolute Gasteiger partial charge is 0.246 e. The Morgan fingerprint density at radius 2 is 2.04 bits per heavy atom. The first kappa shape index (κ1) is 16.0. The van der Waals surface area contributed by atoms with E-state index < -0.39 is 0 Å². The maximum absolute atomic E-state index is 12.3. The third-order valence-corrected chi connectivity index (χ3v) is 3.76. The van der Waals surface area contributed by atoms with Crippen LogP contribution in [0.4, 0.5) is 0 Å². The number of carbonyl (C=O) groups is 1. The number of hydrogen-bond donors (Lipinski definition) is 0. The van der Waals surface area contributed by atoms with Crippen LogP contribution in [0.2, 0.25) is 0 Å². The summed E-state index contributed by atoms with van der Waals surface area (Å²) in [7, 11) is 1.53. The van der Waals surface area contributed by atoms with Crippen molar-refractivity contribution in [2.75, 3.05) is 20.2 Å². The van der Waals surface area contributed by atoms with Gasteiger partial charge in [-0.25, -0.2) is 0 Å². The molecule has 0 saturated carbocycles. The van der Waals surface area contributed by atoms with Crippen molar-refractivity contribution in [3.63, 3.8) is 0 Å². The normalized spacial score (nSPS) is 17.2. The van der Waals surface area contributed by atoms with Crippen molar-refractivity contribution in [2.24, 2.45) is 0 Å². The average Bonchev–Trinajstić information content (AvgIpc) is 3.09. The molecule has 1 fully saturated rings. The summed E-state index contributed by atoms with van der Waals surface area (Å²) in [5, 5.41) is 0. The fourth-order valence-electron chi connectivity index (χ4n) is 2.52. The molecule has 0 bridgehead atoms. The quantitative estimate of drug-likeness (QED) is 0.788. The summed E-state index contributed by atoms with van der Waals surface area (Å²) in [5.41, 5.74) is 1.00. The summed E-state index contributed by atoms with van der Waals surface area (Å²) < 4.78 is 10.8. The number of rotatable bonds is 5. The molecule has 1 aliphatic rings. The van der Waals surface area contributed by atoms with Crippen molar-refractivity contribution in [1.82, 2.24) is 14.9 Å². The molecule has 6 nitrogen and oxygen atoms in total. The fourth-order valence-corrected chi connectivity index (χ4v) is 2.52. The Balaban J connectivity index is 1.54. The SMILES string of the molecule is COc1cncc(OC2CCN(C(=O)/C=C/c3ccccc3)C2)n1. The van der Waals surface area contributed by atoms with Crippen molar-refractivity contribution in [3.8, 4) is 11.8 Å². The van der Waals surface area contributed by atoms with E-state index in [2.05, 4.69) is 9.97 Å². The lowest BCUT2D eigenvalue weighted by atomic mass is 10.2. The molecule has 2 aromatic rings. The molecule has 1 amide bonds. The summed E-state index contributed by atoms with van der Waals surface area (Å²) >= 11 is 0. The van der Waals surface area contributed by atoms with E-state index in [9.17, 15) is 4.79 Å². The van der Waals surface area contributed by atoms with E-state index >= 15 is 0 Å². The highest BCUT2D eigenvalue weighted by Gasteiger charge is 2.26. The predicted molar refractivity (Wildman–Crippen MR) is 89.7 cm³/mol. The van der Waals surface area contributed by atoms with Gasteiger partial charge in [0.15, 0.2) is 0 Å². The van der Waals surface area contributed by atoms with E-state index in [0.29, 0.717) is 24.8 Å². The molecule has 6 heteroatoms. The zero-order valence-electron chi connectivity index (χ0n) is 13.5. The first-order valence-electron chi connectivity index (χ1n) is 7.79. The van der Waals surface area contributed by atoms with Crippen LogP contribution in [0.25, 0.3) is 6.08 Å². The number of amides is 1. The topological polar surface area (TPSA) is 64.6 Å². The predicted octanol–water partition coefficient (Wildman–Crippen LogP) is 2.18. The van der Waals surface area contributed by atoms with Gasteiger partial charge in [0.25, 0.3) is 0 Å². The Morgan fingerprint density at radius 3 is 2.83 bits per heavy atom. The number of ether oxygens (including phenoxy) is 2. The molecule has 1 aliphatic heterocycles. The highest BCUT2D eigenvalue weighted by molar-refractivity contribution is 5.92. The number of likely N-dealkylation sites (tertiary alicyclic amines) is 1.